The molecule has 0 bridgehead atoms. The van der Waals surface area contributed by atoms with Crippen molar-refractivity contribution in [3.8, 4) is 0 Å². The maximum Gasteiger partial charge on any atom is 2.00 e. The van der Waals surface area contributed by atoms with Crippen LogP contribution in [0.3, 0.4) is 0 Å². The second-order valence-corrected chi connectivity index (χ2v) is 2.27. The maximum atomic E-state index is 8.49. The fourth-order valence-electron chi connectivity index (χ4n) is 0. The molecule has 0 amide bonds. The van der Waals surface area contributed by atoms with E-state index in [1.807, 2.05) is 0 Å². The first kappa shape index (κ1) is 17.7. The van der Waals surface area contributed by atoms with Crippen LogP contribution in [0.15, 0.2) is 0 Å². The maximum absolute atomic E-state index is 8.49. The van der Waals surface area contributed by atoms with Gasteiger partial charge in [0.2, 0.25) is 0 Å². The van der Waals surface area contributed by atoms with Gasteiger partial charge in [0.05, 0.1) is 0 Å². The Labute approximate surface area is 75.0 Å². The van der Waals surface area contributed by atoms with Crippen LogP contribution in [0.2, 0.25) is 0 Å². The summed E-state index contributed by atoms with van der Waals surface area (Å²) >= 11 is 0. The fraction of sp³-hybridized carbons (Fsp3) is 0. The van der Waals surface area contributed by atoms with Crippen molar-refractivity contribution in [2.75, 3.05) is 0 Å². The van der Waals surface area contributed by atoms with Gasteiger partial charge in [-0.05, 0) is 0 Å². The van der Waals surface area contributed by atoms with E-state index in [-0.39, 0.29) is 16.8 Å². The van der Waals surface area contributed by atoms with Crippen molar-refractivity contribution in [3.05, 3.63) is 0 Å². The van der Waals surface area contributed by atoms with Crippen molar-refractivity contribution >= 4 is 0 Å². The standard InChI is InChI=1S/2ClHO4.Co/c2*2-1(3,4)5;/h2*(H,2,3,4,5);/q;;+2/p-2. The zero-order valence-electron chi connectivity index (χ0n) is 4.36. The van der Waals surface area contributed by atoms with Crippen LogP contribution in [0.1, 0.15) is 0 Å². The van der Waals surface area contributed by atoms with Crippen molar-refractivity contribution in [3.63, 3.8) is 0 Å². The van der Waals surface area contributed by atoms with E-state index in [2.05, 4.69) is 0 Å². The first-order chi connectivity index (χ1) is 4.00. The second kappa shape index (κ2) is 6.30. The number of halogens is 2. The Hall–Kier alpha value is 0.766. The predicted molar refractivity (Wildman–Crippen MR) is 0 cm³/mol. The Morgan fingerprint density at radius 3 is 0.455 bits per heavy atom. The summed E-state index contributed by atoms with van der Waals surface area (Å²) in [6.07, 6.45) is 0. The Morgan fingerprint density at radius 2 is 0.455 bits per heavy atom. The number of hydrogen-bond acceptors (Lipinski definition) is 8. The number of hydrogen-bond donors (Lipinski definition) is 0. The molecule has 0 rings (SSSR count). The molecule has 0 unspecified atom stereocenters. The summed E-state index contributed by atoms with van der Waals surface area (Å²) in [4.78, 5) is 0. The van der Waals surface area contributed by atoms with Crippen molar-refractivity contribution in [1.29, 1.82) is 0 Å². The van der Waals surface area contributed by atoms with Crippen molar-refractivity contribution in [1.82, 2.24) is 0 Å². The van der Waals surface area contributed by atoms with Gasteiger partial charge in [0.25, 0.3) is 0 Å². The first-order valence-corrected chi connectivity index (χ1v) is 3.70. The van der Waals surface area contributed by atoms with Crippen LogP contribution in [0.4, 0.5) is 0 Å². The molecule has 0 aliphatic carbocycles. The smallest absolute Gasteiger partial charge is 0.222 e. The van der Waals surface area contributed by atoms with Crippen molar-refractivity contribution in [2.45, 2.75) is 0 Å². The average molecular weight is 258 g/mol. The minimum atomic E-state index is -4.94. The van der Waals surface area contributed by atoms with Gasteiger partial charge in [0, 0.05) is 0 Å². The number of rotatable bonds is 0. The van der Waals surface area contributed by atoms with E-state index in [9.17, 15) is 0 Å². The molecule has 71 valence electrons. The van der Waals surface area contributed by atoms with Gasteiger partial charge in [-0.15, -0.1) is 20.5 Å². The summed E-state index contributed by atoms with van der Waals surface area (Å²) in [7, 11) is -9.89. The minimum Gasteiger partial charge on any atom is -0.222 e. The third-order valence-corrected chi connectivity index (χ3v) is 0. The molecule has 0 N–H and O–H groups in total. The summed E-state index contributed by atoms with van der Waals surface area (Å²) in [5, 5.41) is 0. The molecule has 0 heterocycles. The van der Waals surface area contributed by atoms with E-state index >= 15 is 0 Å². The van der Waals surface area contributed by atoms with E-state index in [0.717, 1.165) is 0 Å². The molecule has 11 heavy (non-hydrogen) atoms. The van der Waals surface area contributed by atoms with Crippen LogP contribution in [0, 0.1) is 20.5 Å². The molecule has 0 fully saturated rings. The van der Waals surface area contributed by atoms with Crippen LogP contribution in [-0.2, 0) is 16.8 Å². The summed E-state index contributed by atoms with van der Waals surface area (Å²) < 4.78 is 67.9. The first-order valence-electron chi connectivity index (χ1n) is 1.23. The Kier molecular flexibility index (Phi) is 10.2. The van der Waals surface area contributed by atoms with E-state index in [0.29, 0.717) is 0 Å². The van der Waals surface area contributed by atoms with Crippen LogP contribution in [0.25, 0.3) is 0 Å². The molecule has 0 aromatic carbocycles. The monoisotopic (exact) mass is 257 g/mol. The van der Waals surface area contributed by atoms with E-state index in [1.165, 1.54) is 0 Å². The molecule has 0 aromatic heterocycles. The molecule has 0 aliphatic rings. The van der Waals surface area contributed by atoms with Crippen LogP contribution in [0.5, 0.6) is 0 Å². The SMILES string of the molecule is [Co+2].[O-][Cl+3]([O-])([O-])[O-].[O-][Cl+3]([O-])([O-])[O-]. The summed E-state index contributed by atoms with van der Waals surface area (Å²) in [6.45, 7) is 0. The summed E-state index contributed by atoms with van der Waals surface area (Å²) in [5.41, 5.74) is 0. The van der Waals surface area contributed by atoms with E-state index < -0.39 is 20.5 Å². The van der Waals surface area contributed by atoms with Gasteiger partial charge in [-0.25, -0.2) is 37.3 Å². The second-order valence-electron chi connectivity index (χ2n) is 0.756. The normalized spacial score (nSPS) is 10.9. The zero-order chi connectivity index (χ0) is 9.00. The van der Waals surface area contributed by atoms with Crippen LogP contribution < -0.4 is 37.3 Å². The molecular weight excluding hydrogens is 258 g/mol. The third-order valence-electron chi connectivity index (χ3n) is 0. The third kappa shape index (κ3) is 1410. The van der Waals surface area contributed by atoms with Gasteiger partial charge in [-0.2, -0.15) is 0 Å². The van der Waals surface area contributed by atoms with Crippen molar-refractivity contribution in [2.24, 2.45) is 0 Å². The molecular formula is Cl2CoO8. The molecule has 0 spiro atoms. The van der Waals surface area contributed by atoms with Gasteiger partial charge >= 0.3 is 16.8 Å². The Bertz CT molecular complexity index is 55.1. The van der Waals surface area contributed by atoms with Crippen LogP contribution >= 0.6 is 0 Å². The van der Waals surface area contributed by atoms with Gasteiger partial charge < -0.3 is 0 Å². The summed E-state index contributed by atoms with van der Waals surface area (Å²) in [5.74, 6) is 0. The summed E-state index contributed by atoms with van der Waals surface area (Å²) in [6, 6.07) is 0. The Morgan fingerprint density at radius 1 is 0.455 bits per heavy atom. The molecule has 0 aliphatic heterocycles. The van der Waals surface area contributed by atoms with Crippen LogP contribution in [-0.4, -0.2) is 0 Å². The van der Waals surface area contributed by atoms with Gasteiger partial charge in [-0.3, -0.25) is 0 Å². The molecule has 0 saturated carbocycles. The molecule has 1 radical (unpaired) electrons. The quantitative estimate of drug-likeness (QED) is 0.409. The van der Waals surface area contributed by atoms with E-state index in [4.69, 9.17) is 37.3 Å². The molecule has 8 nitrogen and oxygen atoms in total. The molecule has 11 heteroatoms. The van der Waals surface area contributed by atoms with Gasteiger partial charge in [0.15, 0.2) is 0 Å². The largest absolute Gasteiger partial charge is 2.00 e. The molecule has 0 saturated heterocycles. The van der Waals surface area contributed by atoms with Gasteiger partial charge in [-0.1, -0.05) is 0 Å². The van der Waals surface area contributed by atoms with Gasteiger partial charge in [0.1, 0.15) is 0 Å². The topological polar surface area (TPSA) is 184 Å². The van der Waals surface area contributed by atoms with Crippen molar-refractivity contribution < 1.29 is 74.5 Å². The minimum absolute atomic E-state index is 0. The molecule has 0 aromatic rings. The average Bonchev–Trinajstić information content (AvgIpc) is 1.12. The zero-order valence-corrected chi connectivity index (χ0v) is 6.91. The Balaban J connectivity index is -0.000000107. The fourth-order valence-corrected chi connectivity index (χ4v) is 0. The predicted octanol–water partition coefficient (Wildman–Crippen LogP) is -9.51. The molecule has 0 atom stereocenters. The van der Waals surface area contributed by atoms with E-state index in [1.54, 1.807) is 0 Å².